The normalized spacial score (nSPS) is 13.2. The van der Waals surface area contributed by atoms with Crippen molar-refractivity contribution in [1.29, 1.82) is 0 Å². The zero-order valence-corrected chi connectivity index (χ0v) is 13.0. The minimum atomic E-state index is -0.261. The van der Waals surface area contributed by atoms with Crippen molar-refractivity contribution >= 4 is 34.3 Å². The molecule has 0 aliphatic heterocycles. The van der Waals surface area contributed by atoms with E-state index in [0.29, 0.717) is 10.4 Å². The lowest BCUT2D eigenvalue weighted by Crippen LogP contribution is -2.43. The molecular weight excluding hydrogens is 268 g/mol. The molecule has 0 radical (unpaired) electrons. The van der Waals surface area contributed by atoms with Crippen molar-refractivity contribution in [1.82, 2.24) is 15.5 Å². The van der Waals surface area contributed by atoms with Gasteiger partial charge in [-0.15, -0.1) is 10.2 Å². The summed E-state index contributed by atoms with van der Waals surface area (Å²) in [5.74, 6) is 0. The molecule has 1 aromatic rings. The summed E-state index contributed by atoms with van der Waals surface area (Å²) in [6, 6.07) is -0.251. The summed E-state index contributed by atoms with van der Waals surface area (Å²) >= 11 is 3.08. The molecule has 1 atom stereocenters. The average molecular weight is 288 g/mol. The van der Waals surface area contributed by atoms with Gasteiger partial charge in [-0.25, -0.2) is 4.79 Å². The van der Waals surface area contributed by atoms with Crippen LogP contribution in [0.1, 0.15) is 41.0 Å². The Morgan fingerprint density at radius 1 is 1.44 bits per heavy atom. The van der Waals surface area contributed by atoms with Gasteiger partial charge < -0.3 is 5.32 Å². The van der Waals surface area contributed by atoms with E-state index in [2.05, 4.69) is 34.7 Å². The largest absolute Gasteiger partial charge is 0.333 e. The van der Waals surface area contributed by atoms with Crippen LogP contribution in [0.5, 0.6) is 0 Å². The van der Waals surface area contributed by atoms with Gasteiger partial charge in [0.15, 0.2) is 4.34 Å². The fraction of sp³-hybridized carbons (Fsp3) is 0.727. The number of carbonyl (C=O) groups is 1. The predicted octanol–water partition coefficient (Wildman–Crippen LogP) is 3.35. The minimum absolute atomic E-state index is 0.251. The van der Waals surface area contributed by atoms with Crippen molar-refractivity contribution in [3.63, 3.8) is 0 Å². The van der Waals surface area contributed by atoms with Gasteiger partial charge in [-0.05, 0) is 27.2 Å². The number of aromatic nitrogens is 2. The number of urea groups is 1. The van der Waals surface area contributed by atoms with Crippen molar-refractivity contribution in [3.8, 4) is 0 Å². The Bertz CT molecular complexity index is 400. The Balaban J connectivity index is 2.51. The predicted molar refractivity (Wildman–Crippen MR) is 77.4 cm³/mol. The summed E-state index contributed by atoms with van der Waals surface area (Å²) in [7, 11) is 0. The number of hydrogen-bond acceptors (Lipinski definition) is 5. The third kappa shape index (κ3) is 5.68. The molecule has 2 amide bonds. The first-order valence-corrected chi connectivity index (χ1v) is 7.59. The van der Waals surface area contributed by atoms with E-state index in [0.717, 1.165) is 10.8 Å². The summed E-state index contributed by atoms with van der Waals surface area (Å²) in [5, 5.41) is 14.5. The molecule has 18 heavy (non-hydrogen) atoms. The van der Waals surface area contributed by atoms with E-state index in [4.69, 9.17) is 0 Å². The summed E-state index contributed by atoms with van der Waals surface area (Å²) in [6.45, 7) is 10.1. The second-order valence-corrected chi connectivity index (χ2v) is 7.70. The molecule has 0 aliphatic rings. The lowest BCUT2D eigenvalue weighted by Gasteiger charge is -2.19. The maximum atomic E-state index is 11.6. The van der Waals surface area contributed by atoms with Crippen molar-refractivity contribution in [2.75, 3.05) is 5.32 Å². The van der Waals surface area contributed by atoms with Crippen LogP contribution in [-0.2, 0) is 0 Å². The van der Waals surface area contributed by atoms with Crippen LogP contribution >= 0.6 is 23.1 Å². The van der Waals surface area contributed by atoms with E-state index in [1.165, 1.54) is 11.3 Å². The molecule has 0 bridgehead atoms. The van der Waals surface area contributed by atoms with Crippen LogP contribution in [0.2, 0.25) is 0 Å². The Morgan fingerprint density at radius 2 is 2.11 bits per heavy atom. The van der Waals surface area contributed by atoms with Gasteiger partial charge >= 0.3 is 6.03 Å². The highest BCUT2D eigenvalue weighted by molar-refractivity contribution is 8.01. The Kier molecular flexibility index (Phi) is 5.40. The molecule has 1 rings (SSSR count). The highest BCUT2D eigenvalue weighted by Crippen LogP contribution is 2.29. The molecule has 2 N–H and O–H groups in total. The summed E-state index contributed by atoms with van der Waals surface area (Å²) in [5.41, 5.74) is -0.261. The third-order valence-electron chi connectivity index (χ3n) is 1.99. The molecule has 0 saturated heterocycles. The number of anilines is 1. The third-order valence-corrected chi connectivity index (χ3v) is 4.18. The molecule has 0 aromatic carbocycles. The van der Waals surface area contributed by atoms with Crippen LogP contribution in [-0.4, -0.2) is 27.0 Å². The Morgan fingerprint density at radius 3 is 2.67 bits per heavy atom. The van der Waals surface area contributed by atoms with Gasteiger partial charge in [-0.1, -0.05) is 36.9 Å². The van der Waals surface area contributed by atoms with Crippen molar-refractivity contribution < 1.29 is 4.79 Å². The zero-order chi connectivity index (χ0) is 13.8. The molecule has 1 heterocycles. The minimum Gasteiger partial charge on any atom is -0.333 e. The first-order valence-electron chi connectivity index (χ1n) is 5.89. The second kappa shape index (κ2) is 6.38. The van der Waals surface area contributed by atoms with Crippen LogP contribution in [0.3, 0.4) is 0 Å². The van der Waals surface area contributed by atoms with Gasteiger partial charge in [-0.2, -0.15) is 0 Å². The Labute approximate surface area is 116 Å². The molecule has 1 unspecified atom stereocenters. The van der Waals surface area contributed by atoms with Crippen LogP contribution in [0.15, 0.2) is 4.34 Å². The van der Waals surface area contributed by atoms with E-state index >= 15 is 0 Å². The molecule has 0 saturated carbocycles. The van der Waals surface area contributed by atoms with E-state index in [-0.39, 0.29) is 11.6 Å². The lowest BCUT2D eigenvalue weighted by molar-refractivity contribution is 0.244. The number of carbonyl (C=O) groups excluding carboxylic acids is 1. The molecule has 7 heteroatoms. The number of nitrogens with one attached hydrogen (secondary N) is 2. The van der Waals surface area contributed by atoms with Crippen LogP contribution in [0.4, 0.5) is 9.93 Å². The molecule has 5 nitrogen and oxygen atoms in total. The quantitative estimate of drug-likeness (QED) is 0.658. The van der Waals surface area contributed by atoms with Gasteiger partial charge in [0.05, 0.1) is 0 Å². The highest BCUT2D eigenvalue weighted by Gasteiger charge is 2.15. The summed E-state index contributed by atoms with van der Waals surface area (Å²) in [6.07, 6.45) is 1.08. The molecule has 102 valence electrons. The topological polar surface area (TPSA) is 66.9 Å². The van der Waals surface area contributed by atoms with Gasteiger partial charge in [0, 0.05) is 10.8 Å². The van der Waals surface area contributed by atoms with Gasteiger partial charge in [-0.3, -0.25) is 5.32 Å². The monoisotopic (exact) mass is 288 g/mol. The molecular formula is C11H20N4OS2. The second-order valence-electron chi connectivity index (χ2n) is 5.04. The zero-order valence-electron chi connectivity index (χ0n) is 11.4. The van der Waals surface area contributed by atoms with Crippen LogP contribution in [0.25, 0.3) is 0 Å². The fourth-order valence-electron chi connectivity index (χ4n) is 1.03. The van der Waals surface area contributed by atoms with Crippen LogP contribution < -0.4 is 10.6 Å². The standard InChI is InChI=1S/C11H20N4OS2/c1-6-7(2)17-10-15-14-9(18-10)12-8(16)13-11(3,4)5/h7H,6H2,1-5H3,(H2,12,13,14,16). The van der Waals surface area contributed by atoms with E-state index in [1.807, 2.05) is 20.8 Å². The number of amides is 2. The molecule has 0 fully saturated rings. The molecule has 0 aliphatic carbocycles. The number of thioether (sulfide) groups is 1. The maximum Gasteiger partial charge on any atom is 0.321 e. The first-order chi connectivity index (χ1) is 8.30. The number of nitrogens with zero attached hydrogens (tertiary/aromatic N) is 2. The van der Waals surface area contributed by atoms with Crippen LogP contribution in [0, 0.1) is 0 Å². The first kappa shape index (κ1) is 15.2. The van der Waals surface area contributed by atoms with E-state index < -0.39 is 0 Å². The SMILES string of the molecule is CCC(C)Sc1nnc(NC(=O)NC(C)(C)C)s1. The summed E-state index contributed by atoms with van der Waals surface area (Å²) in [4.78, 5) is 11.6. The fourth-order valence-corrected chi connectivity index (χ4v) is 3.03. The average Bonchev–Trinajstić information content (AvgIpc) is 2.62. The maximum absolute atomic E-state index is 11.6. The lowest BCUT2D eigenvalue weighted by atomic mass is 10.1. The smallest absolute Gasteiger partial charge is 0.321 e. The Hall–Kier alpha value is -0.820. The highest BCUT2D eigenvalue weighted by atomic mass is 32.2. The van der Waals surface area contributed by atoms with E-state index in [1.54, 1.807) is 11.8 Å². The number of rotatable bonds is 4. The van der Waals surface area contributed by atoms with Gasteiger partial charge in [0.25, 0.3) is 0 Å². The van der Waals surface area contributed by atoms with Gasteiger partial charge in [0.1, 0.15) is 0 Å². The van der Waals surface area contributed by atoms with E-state index in [9.17, 15) is 4.79 Å². The van der Waals surface area contributed by atoms with Gasteiger partial charge in [0.2, 0.25) is 5.13 Å². The molecule has 1 aromatic heterocycles. The number of hydrogen-bond donors (Lipinski definition) is 2. The molecule has 0 spiro atoms. The summed E-state index contributed by atoms with van der Waals surface area (Å²) < 4.78 is 0.885. The van der Waals surface area contributed by atoms with Crippen molar-refractivity contribution in [2.24, 2.45) is 0 Å². The van der Waals surface area contributed by atoms with Crippen molar-refractivity contribution in [2.45, 2.75) is 56.2 Å². The van der Waals surface area contributed by atoms with Crippen molar-refractivity contribution in [3.05, 3.63) is 0 Å².